The molecule has 1 aliphatic carbocycles. The van der Waals surface area contributed by atoms with Crippen molar-refractivity contribution >= 4 is 11.9 Å². The molecule has 1 fully saturated rings. The van der Waals surface area contributed by atoms with Crippen molar-refractivity contribution in [2.24, 2.45) is 0 Å². The van der Waals surface area contributed by atoms with Crippen molar-refractivity contribution in [3.63, 3.8) is 0 Å². The zero-order chi connectivity index (χ0) is 16.2. The van der Waals surface area contributed by atoms with E-state index in [1.807, 2.05) is 0 Å². The number of ether oxygens (including phenoxy) is 1. The fraction of sp³-hybridized carbons (Fsp3) is 0.467. The Kier molecular flexibility index (Phi) is 5.07. The van der Waals surface area contributed by atoms with E-state index < -0.39 is 35.5 Å². The van der Waals surface area contributed by atoms with E-state index in [-0.39, 0.29) is 18.7 Å². The normalized spacial score (nSPS) is 15.9. The molecule has 0 spiro atoms. The van der Waals surface area contributed by atoms with Crippen LogP contribution in [0.2, 0.25) is 0 Å². The average molecular weight is 313 g/mol. The summed E-state index contributed by atoms with van der Waals surface area (Å²) in [6, 6.07) is 3.54. The molecule has 7 heteroatoms. The highest BCUT2D eigenvalue weighted by atomic mass is 19.1. The van der Waals surface area contributed by atoms with Crippen molar-refractivity contribution in [2.45, 2.75) is 24.7 Å². The number of hydrogen-bond acceptors (Lipinski definition) is 3. The maximum absolute atomic E-state index is 13.9. The van der Waals surface area contributed by atoms with Crippen LogP contribution in [0.3, 0.4) is 0 Å². The van der Waals surface area contributed by atoms with Gasteiger partial charge in [-0.1, -0.05) is 12.5 Å². The number of carboxylic acids is 1. The van der Waals surface area contributed by atoms with Crippen LogP contribution in [0, 0.1) is 11.6 Å². The van der Waals surface area contributed by atoms with Gasteiger partial charge in [-0.15, -0.1) is 0 Å². The van der Waals surface area contributed by atoms with Crippen molar-refractivity contribution in [1.82, 2.24) is 5.32 Å². The average Bonchev–Trinajstić information content (AvgIpc) is 2.40. The molecule has 0 heterocycles. The van der Waals surface area contributed by atoms with Gasteiger partial charge in [-0.3, -0.25) is 4.79 Å². The number of rotatable bonds is 7. The summed E-state index contributed by atoms with van der Waals surface area (Å²) in [6.07, 6.45) is 1.48. The Morgan fingerprint density at radius 2 is 1.91 bits per heavy atom. The van der Waals surface area contributed by atoms with Crippen LogP contribution >= 0.6 is 0 Å². The summed E-state index contributed by atoms with van der Waals surface area (Å²) >= 11 is 0. The number of nitrogens with one attached hydrogen (secondary N) is 1. The van der Waals surface area contributed by atoms with Gasteiger partial charge in [0.15, 0.2) is 0 Å². The van der Waals surface area contributed by atoms with Crippen LogP contribution in [0.25, 0.3) is 0 Å². The second-order valence-corrected chi connectivity index (χ2v) is 5.23. The number of carbonyl (C=O) groups is 2. The van der Waals surface area contributed by atoms with Crippen LogP contribution in [0.1, 0.15) is 24.8 Å². The lowest BCUT2D eigenvalue weighted by molar-refractivity contribution is -0.142. The van der Waals surface area contributed by atoms with Crippen LogP contribution < -0.4 is 5.32 Å². The Balaban J connectivity index is 2.01. The summed E-state index contributed by atoms with van der Waals surface area (Å²) in [5, 5.41) is 11.0. The van der Waals surface area contributed by atoms with Crippen LogP contribution in [0.5, 0.6) is 0 Å². The zero-order valence-electron chi connectivity index (χ0n) is 11.9. The first-order valence-corrected chi connectivity index (χ1v) is 7.00. The van der Waals surface area contributed by atoms with Gasteiger partial charge in [-0.2, -0.15) is 0 Å². The standard InChI is InChI=1S/C15H17F2NO4/c16-10-3-1-4-11(17)13(10)15(5-2-6-15)14(21)18-7-8-22-9-12(19)20/h1,3-4H,2,5-9H2,(H,18,21)(H,19,20). The summed E-state index contributed by atoms with van der Waals surface area (Å²) in [5.41, 5.74) is -1.37. The first-order chi connectivity index (χ1) is 10.5. The van der Waals surface area contributed by atoms with E-state index in [1.54, 1.807) is 0 Å². The molecule has 2 rings (SSSR count). The van der Waals surface area contributed by atoms with Gasteiger partial charge >= 0.3 is 5.97 Å². The summed E-state index contributed by atoms with van der Waals surface area (Å²) in [7, 11) is 0. The lowest BCUT2D eigenvalue weighted by atomic mass is 9.63. The first kappa shape index (κ1) is 16.4. The van der Waals surface area contributed by atoms with Crippen LogP contribution in [-0.2, 0) is 19.7 Å². The second kappa shape index (κ2) is 6.83. The monoisotopic (exact) mass is 313 g/mol. The predicted molar refractivity (Wildman–Crippen MR) is 73.4 cm³/mol. The number of benzene rings is 1. The Hall–Kier alpha value is -2.02. The maximum Gasteiger partial charge on any atom is 0.329 e. The fourth-order valence-electron chi connectivity index (χ4n) is 2.64. The minimum Gasteiger partial charge on any atom is -0.480 e. The Morgan fingerprint density at radius 3 is 2.41 bits per heavy atom. The third kappa shape index (κ3) is 3.24. The number of carboxylic acid groups (broad SMARTS) is 1. The molecule has 0 radical (unpaired) electrons. The second-order valence-electron chi connectivity index (χ2n) is 5.23. The molecule has 120 valence electrons. The van der Waals surface area contributed by atoms with Gasteiger partial charge in [0.2, 0.25) is 5.91 Å². The van der Waals surface area contributed by atoms with Crippen molar-refractivity contribution in [3.8, 4) is 0 Å². The van der Waals surface area contributed by atoms with E-state index in [4.69, 9.17) is 9.84 Å². The molecule has 5 nitrogen and oxygen atoms in total. The summed E-state index contributed by atoms with van der Waals surface area (Å²) in [4.78, 5) is 22.6. The predicted octanol–water partition coefficient (Wildman–Crippen LogP) is 1.60. The Labute approximate surface area is 126 Å². The highest BCUT2D eigenvalue weighted by molar-refractivity contribution is 5.89. The maximum atomic E-state index is 13.9. The number of carbonyl (C=O) groups excluding carboxylic acids is 1. The minimum atomic E-state index is -1.18. The molecule has 1 amide bonds. The molecule has 0 bridgehead atoms. The molecule has 2 N–H and O–H groups in total. The number of hydrogen-bond donors (Lipinski definition) is 2. The van der Waals surface area contributed by atoms with E-state index in [0.29, 0.717) is 12.8 Å². The highest BCUT2D eigenvalue weighted by Gasteiger charge is 2.48. The molecule has 0 aromatic heterocycles. The molecule has 1 aromatic rings. The molecule has 22 heavy (non-hydrogen) atoms. The van der Waals surface area contributed by atoms with Crippen molar-refractivity contribution in [2.75, 3.05) is 19.8 Å². The van der Waals surface area contributed by atoms with Gasteiger partial charge in [0, 0.05) is 12.1 Å². The highest BCUT2D eigenvalue weighted by Crippen LogP contribution is 2.45. The molecule has 1 saturated carbocycles. The summed E-state index contributed by atoms with van der Waals surface area (Å²) in [5.74, 6) is -3.01. The van der Waals surface area contributed by atoms with Gasteiger partial charge in [0.05, 0.1) is 12.0 Å². The third-order valence-corrected chi connectivity index (χ3v) is 3.84. The fourth-order valence-corrected chi connectivity index (χ4v) is 2.64. The van der Waals surface area contributed by atoms with Crippen molar-refractivity contribution < 1.29 is 28.2 Å². The molecular formula is C15H17F2NO4. The SMILES string of the molecule is O=C(O)COCCNC(=O)C1(c2c(F)cccc2F)CCC1. The van der Waals surface area contributed by atoms with E-state index >= 15 is 0 Å². The lowest BCUT2D eigenvalue weighted by Gasteiger charge is -2.40. The van der Waals surface area contributed by atoms with E-state index in [1.165, 1.54) is 6.07 Å². The van der Waals surface area contributed by atoms with Crippen molar-refractivity contribution in [1.29, 1.82) is 0 Å². The molecule has 0 saturated heterocycles. The molecule has 0 aliphatic heterocycles. The first-order valence-electron chi connectivity index (χ1n) is 7.00. The summed E-state index contributed by atoms with van der Waals surface area (Å²) in [6.45, 7) is -0.346. The topological polar surface area (TPSA) is 75.6 Å². The lowest BCUT2D eigenvalue weighted by Crippen LogP contribution is -2.51. The van der Waals surface area contributed by atoms with E-state index in [2.05, 4.69) is 5.32 Å². The van der Waals surface area contributed by atoms with Crippen molar-refractivity contribution in [3.05, 3.63) is 35.4 Å². The van der Waals surface area contributed by atoms with Gasteiger partial charge < -0.3 is 15.2 Å². The third-order valence-electron chi connectivity index (χ3n) is 3.84. The van der Waals surface area contributed by atoms with Gasteiger partial charge in [-0.25, -0.2) is 13.6 Å². The molecular weight excluding hydrogens is 296 g/mol. The van der Waals surface area contributed by atoms with Gasteiger partial charge in [-0.05, 0) is 25.0 Å². The minimum absolute atomic E-state index is 0.0217. The van der Waals surface area contributed by atoms with E-state index in [9.17, 15) is 18.4 Å². The number of amides is 1. The van der Waals surface area contributed by atoms with Crippen LogP contribution in [0.4, 0.5) is 8.78 Å². The Bertz CT molecular complexity index is 552. The summed E-state index contributed by atoms with van der Waals surface area (Å²) < 4.78 is 32.7. The molecule has 1 aliphatic rings. The zero-order valence-corrected chi connectivity index (χ0v) is 11.9. The molecule has 1 aromatic carbocycles. The molecule has 0 atom stereocenters. The smallest absolute Gasteiger partial charge is 0.329 e. The van der Waals surface area contributed by atoms with Gasteiger partial charge in [0.25, 0.3) is 0 Å². The van der Waals surface area contributed by atoms with E-state index in [0.717, 1.165) is 18.6 Å². The Morgan fingerprint density at radius 1 is 1.27 bits per heavy atom. The number of halogens is 2. The molecule has 0 unspecified atom stereocenters. The van der Waals surface area contributed by atoms with Gasteiger partial charge in [0.1, 0.15) is 18.2 Å². The largest absolute Gasteiger partial charge is 0.480 e. The number of aliphatic carboxylic acids is 1. The van der Waals surface area contributed by atoms with Crippen LogP contribution in [0.15, 0.2) is 18.2 Å². The quantitative estimate of drug-likeness (QED) is 0.750. The van der Waals surface area contributed by atoms with Crippen LogP contribution in [-0.4, -0.2) is 36.7 Å².